The quantitative estimate of drug-likeness (QED) is 0.499. The van der Waals surface area contributed by atoms with E-state index in [0.29, 0.717) is 18.0 Å². The fraction of sp³-hybridized carbons (Fsp3) is 0.773. The van der Waals surface area contributed by atoms with Crippen LogP contribution in [0.3, 0.4) is 0 Å². The summed E-state index contributed by atoms with van der Waals surface area (Å²) in [6.07, 6.45) is 2.61. The zero-order valence-corrected chi connectivity index (χ0v) is 19.2. The van der Waals surface area contributed by atoms with E-state index in [0.717, 1.165) is 51.9 Å². The predicted octanol–water partition coefficient (Wildman–Crippen LogP) is 2.80. The van der Waals surface area contributed by atoms with Crippen LogP contribution < -0.4 is 10.6 Å². The van der Waals surface area contributed by atoms with Gasteiger partial charge in [0, 0.05) is 43.6 Å². The summed E-state index contributed by atoms with van der Waals surface area (Å²) in [6.45, 7) is 15.4. The van der Waals surface area contributed by atoms with Crippen LogP contribution >= 0.6 is 11.3 Å². The lowest BCUT2D eigenvalue weighted by molar-refractivity contribution is 0.0186. The molecule has 3 heterocycles. The van der Waals surface area contributed by atoms with Crippen molar-refractivity contribution in [3.05, 3.63) is 22.4 Å². The minimum Gasteiger partial charge on any atom is -0.379 e. The molecule has 1 aromatic heterocycles. The Morgan fingerprint density at radius 1 is 1.24 bits per heavy atom. The van der Waals surface area contributed by atoms with Crippen LogP contribution in [-0.4, -0.2) is 80.8 Å². The van der Waals surface area contributed by atoms with E-state index in [9.17, 15) is 0 Å². The molecule has 2 fully saturated rings. The minimum atomic E-state index is 0.334. The highest BCUT2D eigenvalue weighted by Gasteiger charge is 2.24. The van der Waals surface area contributed by atoms with Crippen LogP contribution in [0.1, 0.15) is 44.5 Å². The summed E-state index contributed by atoms with van der Waals surface area (Å²) in [5.74, 6) is 1.64. The maximum atomic E-state index is 5.56. The van der Waals surface area contributed by atoms with Crippen molar-refractivity contribution in [2.24, 2.45) is 10.9 Å². The summed E-state index contributed by atoms with van der Waals surface area (Å²) < 4.78 is 5.56. The number of guanidine groups is 1. The third-order valence-electron chi connectivity index (χ3n) is 5.96. The lowest BCUT2D eigenvalue weighted by Crippen LogP contribution is -2.46. The summed E-state index contributed by atoms with van der Waals surface area (Å²) in [7, 11) is 0. The van der Waals surface area contributed by atoms with Crippen molar-refractivity contribution in [3.8, 4) is 0 Å². The van der Waals surface area contributed by atoms with Crippen molar-refractivity contribution < 1.29 is 4.74 Å². The fourth-order valence-corrected chi connectivity index (χ4v) is 5.10. The summed E-state index contributed by atoms with van der Waals surface area (Å²) in [5.41, 5.74) is 0. The van der Waals surface area contributed by atoms with Crippen LogP contribution in [0.4, 0.5) is 0 Å². The molecule has 6 nitrogen and oxygen atoms in total. The molecule has 1 aromatic rings. The second-order valence-corrected chi connectivity index (χ2v) is 9.36. The topological polar surface area (TPSA) is 52.1 Å². The Bertz CT molecular complexity index is 600. The first-order valence-corrected chi connectivity index (χ1v) is 12.2. The van der Waals surface area contributed by atoms with Crippen LogP contribution in [0.15, 0.2) is 22.5 Å². The zero-order valence-electron chi connectivity index (χ0n) is 18.4. The number of hydrogen-bond donors (Lipinski definition) is 2. The van der Waals surface area contributed by atoms with Gasteiger partial charge < -0.3 is 20.3 Å². The van der Waals surface area contributed by atoms with Crippen molar-refractivity contribution in [2.75, 3.05) is 59.0 Å². The fourth-order valence-electron chi connectivity index (χ4n) is 4.25. The number of ether oxygens (including phenoxy) is 1. The number of aliphatic imine (C=N–C) groups is 1. The third kappa shape index (κ3) is 6.95. The van der Waals surface area contributed by atoms with E-state index in [1.165, 1.54) is 30.8 Å². The van der Waals surface area contributed by atoms with E-state index < -0.39 is 0 Å². The van der Waals surface area contributed by atoms with Gasteiger partial charge in [0.05, 0.1) is 25.8 Å². The first-order valence-electron chi connectivity index (χ1n) is 11.3. The predicted molar refractivity (Wildman–Crippen MR) is 123 cm³/mol. The van der Waals surface area contributed by atoms with Gasteiger partial charge in [0.15, 0.2) is 5.96 Å². The molecule has 0 bridgehead atoms. The molecule has 0 aliphatic carbocycles. The third-order valence-corrected chi connectivity index (χ3v) is 6.94. The van der Waals surface area contributed by atoms with Gasteiger partial charge in [0.2, 0.25) is 0 Å². The molecule has 0 amide bonds. The maximum Gasteiger partial charge on any atom is 0.191 e. The average molecular weight is 422 g/mol. The molecule has 2 saturated heterocycles. The Morgan fingerprint density at radius 2 is 2.07 bits per heavy atom. The van der Waals surface area contributed by atoms with Gasteiger partial charge in [-0.3, -0.25) is 9.89 Å². The summed E-state index contributed by atoms with van der Waals surface area (Å²) >= 11 is 1.83. The van der Waals surface area contributed by atoms with Crippen LogP contribution in [-0.2, 0) is 4.74 Å². The Kier molecular flexibility index (Phi) is 9.24. The van der Waals surface area contributed by atoms with E-state index in [-0.39, 0.29) is 0 Å². The number of nitrogens with one attached hydrogen (secondary N) is 2. The molecular formula is C22H39N5OS. The van der Waals surface area contributed by atoms with E-state index >= 15 is 0 Å². The van der Waals surface area contributed by atoms with Gasteiger partial charge in [0.1, 0.15) is 0 Å². The molecule has 0 spiro atoms. The van der Waals surface area contributed by atoms with Crippen LogP contribution in [0.2, 0.25) is 0 Å². The van der Waals surface area contributed by atoms with Crippen molar-refractivity contribution in [3.63, 3.8) is 0 Å². The molecule has 2 unspecified atom stereocenters. The van der Waals surface area contributed by atoms with E-state index in [2.05, 4.69) is 58.7 Å². The first kappa shape index (κ1) is 22.5. The van der Waals surface area contributed by atoms with Crippen molar-refractivity contribution in [2.45, 2.75) is 45.7 Å². The SMILES string of the molecule is CCNC(=NCC(c1cccs1)N1CCOCC1)NCC1CCCN(C(C)C)C1. The molecule has 0 radical (unpaired) electrons. The molecule has 7 heteroatoms. The van der Waals surface area contributed by atoms with Gasteiger partial charge in [-0.25, -0.2) is 0 Å². The Balaban J connectivity index is 1.59. The summed E-state index contributed by atoms with van der Waals surface area (Å²) in [4.78, 5) is 11.5. The van der Waals surface area contributed by atoms with Crippen molar-refractivity contribution >= 4 is 17.3 Å². The second kappa shape index (κ2) is 11.9. The molecule has 29 heavy (non-hydrogen) atoms. The van der Waals surface area contributed by atoms with Crippen LogP contribution in [0.5, 0.6) is 0 Å². The van der Waals surface area contributed by atoms with Gasteiger partial charge in [-0.2, -0.15) is 0 Å². The first-order chi connectivity index (χ1) is 14.2. The Labute approximate surface area is 180 Å². The van der Waals surface area contributed by atoms with E-state index in [4.69, 9.17) is 9.73 Å². The number of likely N-dealkylation sites (tertiary alicyclic amines) is 1. The monoisotopic (exact) mass is 421 g/mol. The van der Waals surface area contributed by atoms with E-state index in [1.54, 1.807) is 0 Å². The largest absolute Gasteiger partial charge is 0.379 e. The molecule has 2 N–H and O–H groups in total. The van der Waals surface area contributed by atoms with Gasteiger partial charge in [-0.05, 0) is 57.5 Å². The summed E-state index contributed by atoms with van der Waals surface area (Å²) in [6, 6.07) is 5.35. The molecule has 2 atom stereocenters. The number of rotatable bonds is 8. The standard InChI is InChI=1S/C22H39N5OS/c1-4-23-22(24-15-19-7-5-9-27(17-19)18(2)3)25-16-20(21-8-6-14-29-21)26-10-12-28-13-11-26/h6,8,14,18-20H,4-5,7,9-13,15-17H2,1-3H3,(H2,23,24,25). The summed E-state index contributed by atoms with van der Waals surface area (Å²) in [5, 5.41) is 9.24. The molecule has 164 valence electrons. The molecule has 2 aliphatic rings. The molecular weight excluding hydrogens is 382 g/mol. The minimum absolute atomic E-state index is 0.334. The Morgan fingerprint density at radius 3 is 2.76 bits per heavy atom. The lowest BCUT2D eigenvalue weighted by atomic mass is 9.97. The van der Waals surface area contributed by atoms with Gasteiger partial charge in [-0.15, -0.1) is 11.3 Å². The molecule has 3 rings (SSSR count). The number of piperidine rings is 1. The van der Waals surface area contributed by atoms with Gasteiger partial charge in [-0.1, -0.05) is 6.07 Å². The van der Waals surface area contributed by atoms with Gasteiger partial charge >= 0.3 is 0 Å². The maximum absolute atomic E-state index is 5.56. The van der Waals surface area contributed by atoms with Gasteiger partial charge in [0.25, 0.3) is 0 Å². The molecule has 0 saturated carbocycles. The lowest BCUT2D eigenvalue weighted by Gasteiger charge is -2.35. The van der Waals surface area contributed by atoms with Crippen LogP contribution in [0.25, 0.3) is 0 Å². The highest BCUT2D eigenvalue weighted by Crippen LogP contribution is 2.26. The number of morpholine rings is 1. The number of nitrogens with zero attached hydrogens (tertiary/aromatic N) is 3. The highest BCUT2D eigenvalue weighted by molar-refractivity contribution is 7.10. The van der Waals surface area contributed by atoms with Crippen LogP contribution in [0, 0.1) is 5.92 Å². The zero-order chi connectivity index (χ0) is 20.5. The second-order valence-electron chi connectivity index (χ2n) is 8.38. The van der Waals surface area contributed by atoms with E-state index in [1.807, 2.05) is 11.3 Å². The number of hydrogen-bond acceptors (Lipinski definition) is 5. The number of thiophene rings is 1. The highest BCUT2D eigenvalue weighted by atomic mass is 32.1. The normalized spacial score (nSPS) is 23.3. The smallest absolute Gasteiger partial charge is 0.191 e. The molecule has 2 aliphatic heterocycles. The molecule has 0 aromatic carbocycles. The average Bonchev–Trinajstić information content (AvgIpc) is 3.27. The van der Waals surface area contributed by atoms with Crippen molar-refractivity contribution in [1.29, 1.82) is 0 Å². The Hall–Kier alpha value is -1.15. The van der Waals surface area contributed by atoms with Crippen molar-refractivity contribution in [1.82, 2.24) is 20.4 Å².